The van der Waals surface area contributed by atoms with E-state index in [-0.39, 0.29) is 18.1 Å². The summed E-state index contributed by atoms with van der Waals surface area (Å²) in [4.78, 5) is 13.6. The Morgan fingerprint density at radius 2 is 2.33 bits per heavy atom. The van der Waals surface area contributed by atoms with Crippen LogP contribution >= 0.6 is 0 Å². The van der Waals surface area contributed by atoms with E-state index < -0.39 is 0 Å². The first-order valence-corrected chi connectivity index (χ1v) is 5.85. The molecule has 1 amide bonds. The lowest BCUT2D eigenvalue weighted by atomic mass is 10.2. The molecule has 0 aromatic carbocycles. The summed E-state index contributed by atoms with van der Waals surface area (Å²) in [6.45, 7) is 6.16. The lowest BCUT2D eigenvalue weighted by molar-refractivity contribution is -0.134. The normalized spacial score (nSPS) is 22.7. The average molecular weight is 214 g/mol. The van der Waals surface area contributed by atoms with E-state index in [0.29, 0.717) is 19.5 Å². The summed E-state index contributed by atoms with van der Waals surface area (Å²) in [7, 11) is 0. The van der Waals surface area contributed by atoms with Crippen LogP contribution in [0.15, 0.2) is 0 Å². The minimum Gasteiger partial charge on any atom is -0.376 e. The largest absolute Gasteiger partial charge is 0.376 e. The van der Waals surface area contributed by atoms with Crippen molar-refractivity contribution >= 4 is 5.91 Å². The van der Waals surface area contributed by atoms with Gasteiger partial charge in [0.05, 0.1) is 12.1 Å². The van der Waals surface area contributed by atoms with Gasteiger partial charge in [0.25, 0.3) is 0 Å². The topological polar surface area (TPSA) is 55.6 Å². The van der Waals surface area contributed by atoms with Gasteiger partial charge in [0.2, 0.25) is 5.91 Å². The number of nitrogens with two attached hydrogens (primary N) is 1. The highest BCUT2D eigenvalue weighted by Gasteiger charge is 2.23. The molecule has 15 heavy (non-hydrogen) atoms. The van der Waals surface area contributed by atoms with Crippen LogP contribution in [-0.2, 0) is 9.53 Å². The number of hydrogen-bond acceptors (Lipinski definition) is 3. The van der Waals surface area contributed by atoms with Gasteiger partial charge in [-0.25, -0.2) is 0 Å². The Hall–Kier alpha value is -0.610. The Kier molecular flexibility index (Phi) is 5.05. The zero-order chi connectivity index (χ0) is 11.3. The summed E-state index contributed by atoms with van der Waals surface area (Å²) in [5.41, 5.74) is 5.74. The Morgan fingerprint density at radius 3 is 2.80 bits per heavy atom. The predicted molar refractivity (Wildman–Crippen MR) is 59.5 cm³/mol. The van der Waals surface area contributed by atoms with Gasteiger partial charge >= 0.3 is 0 Å². The maximum absolute atomic E-state index is 11.8. The van der Waals surface area contributed by atoms with Gasteiger partial charge in [0.1, 0.15) is 0 Å². The maximum atomic E-state index is 11.8. The highest BCUT2D eigenvalue weighted by molar-refractivity contribution is 5.81. The number of likely N-dealkylation sites (N-methyl/N-ethyl adjacent to an activating group) is 1. The average Bonchev–Trinajstić information content (AvgIpc) is 2.76. The van der Waals surface area contributed by atoms with Crippen LogP contribution in [0.25, 0.3) is 0 Å². The van der Waals surface area contributed by atoms with Crippen molar-refractivity contribution in [2.45, 2.75) is 45.3 Å². The highest BCUT2D eigenvalue weighted by Crippen LogP contribution is 2.13. The number of carbonyl (C=O) groups is 1. The molecule has 0 radical (unpaired) electrons. The third kappa shape index (κ3) is 3.47. The summed E-state index contributed by atoms with van der Waals surface area (Å²) in [6.07, 6.45) is 3.08. The zero-order valence-electron chi connectivity index (χ0n) is 9.74. The molecule has 2 N–H and O–H groups in total. The number of nitrogens with zero attached hydrogens (tertiary/aromatic N) is 1. The van der Waals surface area contributed by atoms with Crippen molar-refractivity contribution in [1.29, 1.82) is 0 Å². The van der Waals surface area contributed by atoms with Gasteiger partial charge in [-0.05, 0) is 26.2 Å². The summed E-state index contributed by atoms with van der Waals surface area (Å²) in [5.74, 6) is 0.0514. The van der Waals surface area contributed by atoms with Crippen LogP contribution in [0.5, 0.6) is 0 Å². The number of amides is 1. The van der Waals surface area contributed by atoms with Gasteiger partial charge in [0.15, 0.2) is 0 Å². The molecule has 0 spiro atoms. The van der Waals surface area contributed by atoms with Crippen LogP contribution in [0, 0.1) is 0 Å². The van der Waals surface area contributed by atoms with Crippen molar-refractivity contribution in [1.82, 2.24) is 4.90 Å². The number of carbonyl (C=O) groups excluding carboxylic acids is 1. The lowest BCUT2D eigenvalue weighted by Crippen LogP contribution is -2.46. The Bertz CT molecular complexity index is 203. The monoisotopic (exact) mass is 214 g/mol. The Labute approximate surface area is 91.8 Å². The molecule has 2 atom stereocenters. The molecule has 1 saturated heterocycles. The van der Waals surface area contributed by atoms with E-state index in [1.807, 2.05) is 18.7 Å². The molecule has 4 nitrogen and oxygen atoms in total. The molecule has 0 aromatic heterocycles. The summed E-state index contributed by atoms with van der Waals surface area (Å²) < 4.78 is 5.51. The van der Waals surface area contributed by atoms with Gasteiger partial charge in [-0.3, -0.25) is 4.79 Å². The van der Waals surface area contributed by atoms with Gasteiger partial charge in [0, 0.05) is 19.7 Å². The fourth-order valence-electron chi connectivity index (χ4n) is 1.82. The summed E-state index contributed by atoms with van der Waals surface area (Å²) >= 11 is 0. The van der Waals surface area contributed by atoms with Gasteiger partial charge in [-0.15, -0.1) is 0 Å². The second-order valence-corrected chi connectivity index (χ2v) is 4.03. The smallest absolute Gasteiger partial charge is 0.239 e. The summed E-state index contributed by atoms with van der Waals surface area (Å²) in [6, 6.07) is -0.355. The van der Waals surface area contributed by atoms with Crippen LogP contribution in [0.2, 0.25) is 0 Å². The van der Waals surface area contributed by atoms with E-state index in [4.69, 9.17) is 10.5 Å². The molecule has 88 valence electrons. The molecule has 0 aromatic rings. The van der Waals surface area contributed by atoms with Crippen LogP contribution in [0.1, 0.15) is 33.1 Å². The van der Waals surface area contributed by atoms with E-state index in [9.17, 15) is 4.79 Å². The second-order valence-electron chi connectivity index (χ2n) is 4.03. The third-order valence-electron chi connectivity index (χ3n) is 2.90. The quantitative estimate of drug-likeness (QED) is 0.735. The first kappa shape index (κ1) is 12.5. The van der Waals surface area contributed by atoms with Gasteiger partial charge in [-0.2, -0.15) is 0 Å². The first-order valence-electron chi connectivity index (χ1n) is 5.85. The maximum Gasteiger partial charge on any atom is 0.239 e. The summed E-state index contributed by atoms with van der Waals surface area (Å²) in [5, 5.41) is 0. The van der Waals surface area contributed by atoms with Gasteiger partial charge in [-0.1, -0.05) is 6.92 Å². The van der Waals surface area contributed by atoms with Crippen molar-refractivity contribution in [3.05, 3.63) is 0 Å². The molecule has 1 rings (SSSR count). The number of hydrogen-bond donors (Lipinski definition) is 1. The van der Waals surface area contributed by atoms with Gasteiger partial charge < -0.3 is 15.4 Å². The fourth-order valence-corrected chi connectivity index (χ4v) is 1.82. The Morgan fingerprint density at radius 1 is 1.60 bits per heavy atom. The van der Waals surface area contributed by atoms with E-state index in [2.05, 4.69) is 0 Å². The van der Waals surface area contributed by atoms with E-state index in [1.165, 1.54) is 0 Å². The molecular formula is C11H22N2O2. The minimum atomic E-state index is -0.355. The van der Waals surface area contributed by atoms with E-state index in [0.717, 1.165) is 19.4 Å². The molecule has 0 unspecified atom stereocenters. The van der Waals surface area contributed by atoms with E-state index in [1.54, 1.807) is 0 Å². The van der Waals surface area contributed by atoms with Crippen LogP contribution in [0.4, 0.5) is 0 Å². The predicted octanol–water partition coefficient (Wildman–Crippen LogP) is 0.751. The second kappa shape index (κ2) is 6.08. The Balaban J connectivity index is 2.43. The standard InChI is InChI=1S/C11H22N2O2/c1-3-10(12)11(14)13(4-2)8-9-6-5-7-15-9/h9-10H,3-8,12H2,1-2H3/t9-,10+/m1/s1. The van der Waals surface area contributed by atoms with Crippen molar-refractivity contribution in [3.63, 3.8) is 0 Å². The minimum absolute atomic E-state index is 0.0514. The SMILES string of the molecule is CC[C@H](N)C(=O)N(CC)C[C@H]1CCCO1. The lowest BCUT2D eigenvalue weighted by Gasteiger charge is -2.26. The molecule has 0 saturated carbocycles. The van der Waals surface area contributed by atoms with Crippen LogP contribution < -0.4 is 5.73 Å². The number of ether oxygens (including phenoxy) is 1. The van der Waals surface area contributed by atoms with Crippen LogP contribution in [0.3, 0.4) is 0 Å². The molecular weight excluding hydrogens is 192 g/mol. The van der Waals surface area contributed by atoms with Crippen molar-refractivity contribution in [2.75, 3.05) is 19.7 Å². The first-order chi connectivity index (χ1) is 7.19. The third-order valence-corrected chi connectivity index (χ3v) is 2.90. The molecule has 1 fully saturated rings. The molecule has 0 bridgehead atoms. The van der Waals surface area contributed by atoms with Crippen molar-refractivity contribution in [2.24, 2.45) is 5.73 Å². The van der Waals surface area contributed by atoms with Crippen LogP contribution in [-0.4, -0.2) is 42.6 Å². The fraction of sp³-hybridized carbons (Fsp3) is 0.909. The molecule has 1 heterocycles. The zero-order valence-corrected chi connectivity index (χ0v) is 9.74. The van der Waals surface area contributed by atoms with E-state index >= 15 is 0 Å². The molecule has 1 aliphatic heterocycles. The van der Waals surface area contributed by atoms with Crippen molar-refractivity contribution < 1.29 is 9.53 Å². The van der Waals surface area contributed by atoms with Crippen molar-refractivity contribution in [3.8, 4) is 0 Å². The highest BCUT2D eigenvalue weighted by atomic mass is 16.5. The number of rotatable bonds is 5. The molecule has 0 aliphatic carbocycles. The molecule has 4 heteroatoms. The molecule has 1 aliphatic rings.